The molecule has 3 nitrogen and oxygen atoms in total. The second-order valence-corrected chi connectivity index (χ2v) is 8.34. The molecule has 0 heterocycles. The number of fused-ring (bicyclic) bond motifs is 3. The topological polar surface area (TPSA) is 63.9 Å². The van der Waals surface area contributed by atoms with Gasteiger partial charge in [0.05, 0.1) is 6.07 Å². The van der Waals surface area contributed by atoms with E-state index in [2.05, 4.69) is 25.6 Å². The van der Waals surface area contributed by atoms with E-state index in [1.807, 2.05) is 0 Å². The lowest BCUT2D eigenvalue weighted by Gasteiger charge is -2.55. The Bertz CT molecular complexity index is 599. The van der Waals surface area contributed by atoms with Gasteiger partial charge in [-0.2, -0.15) is 5.26 Å². The van der Waals surface area contributed by atoms with Crippen LogP contribution in [0.15, 0.2) is 23.8 Å². The van der Waals surface area contributed by atoms with E-state index in [4.69, 9.17) is 5.26 Å². The van der Waals surface area contributed by atoms with Gasteiger partial charge in [-0.1, -0.05) is 30.7 Å². The maximum absolute atomic E-state index is 10.9. The van der Waals surface area contributed by atoms with E-state index in [9.17, 15) is 9.90 Å². The third kappa shape index (κ3) is 3.04. The zero-order valence-corrected chi connectivity index (χ0v) is 14.7. The third-order valence-electron chi connectivity index (χ3n) is 7.13. The van der Waals surface area contributed by atoms with Crippen molar-refractivity contribution in [3.8, 4) is 6.07 Å². The molecule has 2 saturated carbocycles. The molecule has 3 aliphatic carbocycles. The summed E-state index contributed by atoms with van der Waals surface area (Å²) in [5, 5.41) is 19.9. The highest BCUT2D eigenvalue weighted by Gasteiger charge is 2.50. The molecule has 0 radical (unpaired) electrons. The second kappa shape index (κ2) is 6.75. The number of carbonyl (C=O) groups excluding carboxylic acids is 1. The summed E-state index contributed by atoms with van der Waals surface area (Å²) in [5.41, 5.74) is 3.06. The lowest BCUT2D eigenvalue weighted by atomic mass is 9.50. The molecule has 0 aromatic heterocycles. The number of carboxylic acid groups (broad SMARTS) is 1. The zero-order chi connectivity index (χ0) is 17.3. The van der Waals surface area contributed by atoms with Crippen LogP contribution in [0.1, 0.15) is 64.7 Å². The number of aliphatic carboxylic acids is 1. The summed E-state index contributed by atoms with van der Waals surface area (Å²) in [6.45, 7) is 6.71. The van der Waals surface area contributed by atoms with Crippen LogP contribution in [0.5, 0.6) is 0 Å². The number of nitriles is 1. The fourth-order valence-electron chi connectivity index (χ4n) is 5.82. The van der Waals surface area contributed by atoms with E-state index < -0.39 is 5.97 Å². The summed E-state index contributed by atoms with van der Waals surface area (Å²) >= 11 is 0. The molecule has 0 unspecified atom stereocenters. The molecule has 0 amide bonds. The van der Waals surface area contributed by atoms with Crippen LogP contribution in [-0.2, 0) is 4.79 Å². The molecule has 3 aliphatic rings. The predicted octanol–water partition coefficient (Wildman–Crippen LogP) is 3.77. The quantitative estimate of drug-likeness (QED) is 0.739. The Hall–Kier alpha value is -1.56. The van der Waals surface area contributed by atoms with Gasteiger partial charge in [0.25, 0.3) is 0 Å². The number of allylic oxidation sites excluding steroid dienone is 3. The molecule has 0 saturated heterocycles. The zero-order valence-electron chi connectivity index (χ0n) is 14.7. The van der Waals surface area contributed by atoms with Crippen LogP contribution in [-0.4, -0.2) is 5.97 Å². The number of rotatable bonds is 4. The van der Waals surface area contributed by atoms with Crippen molar-refractivity contribution in [3.05, 3.63) is 23.8 Å². The standard InChI is InChI=1S/C21H29NO2/c1-14-5-8-19-18(17(14)4-3-11-22)7-6-16-12-15(13-20(23)24)9-10-21(16,19)2/h6,15,17-19H,1,3-5,7-10,12-13H2,2H3,(H,23,24)/p-1/t15-,17+,18-,19-,21-/m0/s1. The summed E-state index contributed by atoms with van der Waals surface area (Å²) < 4.78 is 0. The summed E-state index contributed by atoms with van der Waals surface area (Å²) in [6, 6.07) is 2.30. The van der Waals surface area contributed by atoms with Gasteiger partial charge in [0.15, 0.2) is 0 Å². The van der Waals surface area contributed by atoms with Crippen molar-refractivity contribution in [3.63, 3.8) is 0 Å². The van der Waals surface area contributed by atoms with Crippen molar-refractivity contribution in [1.82, 2.24) is 0 Å². The van der Waals surface area contributed by atoms with Crippen LogP contribution in [0.4, 0.5) is 0 Å². The molecule has 5 atom stereocenters. The van der Waals surface area contributed by atoms with Crippen LogP contribution in [0.3, 0.4) is 0 Å². The van der Waals surface area contributed by atoms with Gasteiger partial charge in [-0.3, -0.25) is 0 Å². The SMILES string of the molecule is C=C1CC[C@H]2[C@@H](CC=C3C[C@@H](CC(=O)[O-])CC[C@@]32C)[C@@H]1CCC#N. The van der Waals surface area contributed by atoms with Gasteiger partial charge in [-0.15, -0.1) is 0 Å². The average molecular weight is 326 g/mol. The lowest BCUT2D eigenvalue weighted by molar-refractivity contribution is -0.307. The number of hydrogen-bond donors (Lipinski definition) is 0. The minimum Gasteiger partial charge on any atom is -0.550 e. The highest BCUT2D eigenvalue weighted by Crippen LogP contribution is 2.60. The minimum atomic E-state index is -0.913. The molecule has 0 aromatic rings. The average Bonchev–Trinajstić information content (AvgIpc) is 2.53. The number of carboxylic acids is 1. The van der Waals surface area contributed by atoms with Crippen LogP contribution in [0.25, 0.3) is 0 Å². The maximum Gasteiger partial charge on any atom is 0.0621 e. The van der Waals surface area contributed by atoms with Crippen LogP contribution >= 0.6 is 0 Å². The molecule has 3 heteroatoms. The highest BCUT2D eigenvalue weighted by atomic mass is 16.4. The molecular formula is C21H28NO2-. The fraction of sp³-hybridized carbons (Fsp3) is 0.714. The first-order chi connectivity index (χ1) is 11.5. The predicted molar refractivity (Wildman–Crippen MR) is 91.5 cm³/mol. The number of nitrogens with zero attached hydrogens (tertiary/aromatic N) is 1. The third-order valence-corrected chi connectivity index (χ3v) is 7.13. The van der Waals surface area contributed by atoms with Crippen LogP contribution in [0.2, 0.25) is 0 Å². The Balaban J connectivity index is 1.81. The van der Waals surface area contributed by atoms with E-state index in [1.54, 1.807) is 0 Å². The molecular weight excluding hydrogens is 298 g/mol. The maximum atomic E-state index is 10.9. The molecule has 24 heavy (non-hydrogen) atoms. The van der Waals surface area contributed by atoms with Crippen LogP contribution < -0.4 is 5.11 Å². The van der Waals surface area contributed by atoms with E-state index >= 15 is 0 Å². The fourth-order valence-corrected chi connectivity index (χ4v) is 5.82. The first kappa shape index (κ1) is 17.3. The van der Waals surface area contributed by atoms with Gasteiger partial charge in [0, 0.05) is 12.4 Å². The molecule has 0 spiro atoms. The van der Waals surface area contributed by atoms with E-state index in [-0.39, 0.29) is 17.8 Å². The van der Waals surface area contributed by atoms with E-state index in [0.29, 0.717) is 24.2 Å². The smallest absolute Gasteiger partial charge is 0.0621 e. The number of carbonyl (C=O) groups is 1. The highest BCUT2D eigenvalue weighted by molar-refractivity contribution is 5.64. The first-order valence-corrected chi connectivity index (χ1v) is 9.39. The van der Waals surface area contributed by atoms with Crippen molar-refractivity contribution in [2.24, 2.45) is 29.1 Å². The lowest BCUT2D eigenvalue weighted by Crippen LogP contribution is -2.46. The molecule has 130 valence electrons. The Labute approximate surface area is 145 Å². The molecule has 3 rings (SSSR count). The van der Waals surface area contributed by atoms with Crippen molar-refractivity contribution >= 4 is 5.97 Å². The first-order valence-electron chi connectivity index (χ1n) is 9.39. The van der Waals surface area contributed by atoms with Gasteiger partial charge in [-0.05, 0) is 80.5 Å². The molecule has 0 bridgehead atoms. The van der Waals surface area contributed by atoms with Crippen molar-refractivity contribution < 1.29 is 9.90 Å². The molecule has 0 aromatic carbocycles. The normalized spacial score (nSPS) is 38.5. The van der Waals surface area contributed by atoms with Gasteiger partial charge >= 0.3 is 0 Å². The van der Waals surface area contributed by atoms with Crippen LogP contribution in [0, 0.1) is 40.4 Å². The van der Waals surface area contributed by atoms with Gasteiger partial charge in [0.2, 0.25) is 0 Å². The van der Waals surface area contributed by atoms with Crippen molar-refractivity contribution in [2.45, 2.75) is 64.7 Å². The Morgan fingerprint density at radius 2 is 2.29 bits per heavy atom. The largest absolute Gasteiger partial charge is 0.550 e. The van der Waals surface area contributed by atoms with Crippen molar-refractivity contribution in [1.29, 1.82) is 5.26 Å². The summed E-state index contributed by atoms with van der Waals surface area (Å²) in [4.78, 5) is 10.9. The Morgan fingerprint density at radius 1 is 1.50 bits per heavy atom. The number of hydrogen-bond acceptors (Lipinski definition) is 3. The minimum absolute atomic E-state index is 0.198. The molecule has 0 aliphatic heterocycles. The second-order valence-electron chi connectivity index (χ2n) is 8.34. The Kier molecular flexibility index (Phi) is 4.85. The summed E-state index contributed by atoms with van der Waals surface area (Å²) in [7, 11) is 0. The molecule has 2 fully saturated rings. The van der Waals surface area contributed by atoms with E-state index in [1.165, 1.54) is 17.6 Å². The van der Waals surface area contributed by atoms with Crippen molar-refractivity contribution in [2.75, 3.05) is 0 Å². The monoisotopic (exact) mass is 326 g/mol. The Morgan fingerprint density at radius 3 is 3.00 bits per heavy atom. The van der Waals surface area contributed by atoms with Gasteiger partial charge < -0.3 is 9.90 Å². The van der Waals surface area contributed by atoms with E-state index in [0.717, 1.165) is 38.5 Å². The summed E-state index contributed by atoms with van der Waals surface area (Å²) in [6.07, 6.45) is 10.5. The van der Waals surface area contributed by atoms with Gasteiger partial charge in [0.1, 0.15) is 0 Å². The van der Waals surface area contributed by atoms with Gasteiger partial charge in [-0.25, -0.2) is 0 Å². The molecule has 0 N–H and O–H groups in total. The summed E-state index contributed by atoms with van der Waals surface area (Å²) in [5.74, 6) is 1.10.